The highest BCUT2D eigenvalue weighted by Gasteiger charge is 2.46. The van der Waals surface area contributed by atoms with Crippen LogP contribution in [-0.2, 0) is 80.3 Å². The number of carbonyl (C=O) groups excluding carboxylic acids is 9. The number of phenolic OH excluding ortho intramolecular Hbond substituents is 1. The summed E-state index contributed by atoms with van der Waals surface area (Å²) in [6, 6.07) is 14.9. The van der Waals surface area contributed by atoms with E-state index in [2.05, 4.69) is 68.5 Å². The van der Waals surface area contributed by atoms with Gasteiger partial charge >= 0.3 is 0 Å². The number of aromatic amines is 3. The number of hydrogen-bond donors (Lipinski definition) is 13. The number of aromatic nitrogens is 4. The van der Waals surface area contributed by atoms with E-state index in [4.69, 9.17) is 10.7 Å². The zero-order chi connectivity index (χ0) is 66.0. The molecule has 14 N–H and O–H groups in total. The number of hydrogen-bond acceptors (Lipinski definition) is 15. The van der Waals surface area contributed by atoms with Gasteiger partial charge in [0, 0.05) is 114 Å². The number of imidazole rings is 1. The van der Waals surface area contributed by atoms with Gasteiger partial charge in [-0.3, -0.25) is 48.1 Å². The van der Waals surface area contributed by atoms with Crippen LogP contribution in [0.5, 0.6) is 5.75 Å². The molecule has 0 saturated carbocycles. The van der Waals surface area contributed by atoms with E-state index in [1.165, 1.54) is 85.2 Å². The van der Waals surface area contributed by atoms with Crippen molar-refractivity contribution in [2.45, 2.75) is 99.1 Å². The molecule has 0 radical (unpaired) electrons. The highest BCUT2D eigenvalue weighted by Crippen LogP contribution is 2.32. The van der Waals surface area contributed by atoms with E-state index in [9.17, 15) is 52.2 Å². The van der Waals surface area contributed by atoms with Gasteiger partial charge in [0.05, 0.1) is 31.5 Å². The zero-order valence-corrected chi connectivity index (χ0v) is 52.4. The Morgan fingerprint density at radius 3 is 1.83 bits per heavy atom. The van der Waals surface area contributed by atoms with Gasteiger partial charge in [-0.2, -0.15) is 23.5 Å². The Labute approximate surface area is 541 Å². The Hall–Kier alpha value is -9.61. The Kier molecular flexibility index (Phi) is 23.4. The molecular formula is C64H73F2N15O10S2. The number of nitrogens with two attached hydrogens (primary N) is 1. The molecular weight excluding hydrogens is 1240 g/mol. The van der Waals surface area contributed by atoms with E-state index in [0.29, 0.717) is 86.5 Å². The second-order valence-corrected chi connectivity index (χ2v) is 25.0. The first-order valence-corrected chi connectivity index (χ1v) is 32.5. The highest BCUT2D eigenvalue weighted by molar-refractivity contribution is 7.98. The molecule has 6 atom stereocenters. The van der Waals surface area contributed by atoms with Crippen LogP contribution in [0.1, 0.15) is 59.7 Å². The average molecular weight is 1310 g/mol. The molecule has 4 aromatic carbocycles. The van der Waals surface area contributed by atoms with Crippen LogP contribution in [0.15, 0.2) is 115 Å². The number of phenols is 1. The van der Waals surface area contributed by atoms with Gasteiger partial charge in [0.2, 0.25) is 53.7 Å². The Morgan fingerprint density at radius 1 is 0.667 bits per heavy atom. The molecule has 0 spiro atoms. The molecule has 25 nitrogen and oxygen atoms in total. The van der Waals surface area contributed by atoms with E-state index >= 15 is 4.79 Å². The topological polar surface area (TPSA) is 372 Å². The first kappa shape index (κ1) is 67.8. The normalized spacial score (nSPS) is 22.0. The number of aliphatic imine (C=N–C) groups is 1. The van der Waals surface area contributed by atoms with Gasteiger partial charge < -0.3 is 73.2 Å². The van der Waals surface area contributed by atoms with Crippen LogP contribution in [0.3, 0.4) is 0 Å². The maximum atomic E-state index is 15.2. The minimum absolute atomic E-state index is 0.0339. The minimum atomic E-state index is -1.56. The second-order valence-electron chi connectivity index (χ2n) is 22.8. The number of carbonyl (C=O) groups is 9. The summed E-state index contributed by atoms with van der Waals surface area (Å²) in [5, 5.41) is 32.1. The maximum absolute atomic E-state index is 15.2. The SMILES string of the molecule is C[C@@]12CCCN1C(=O)[C@H](Cc1ccc(O)cc1)NC(=O)[C@H](Cc1cnc[nH]1)NC(=O)CNC(=O)[C@H](Cc1c[nH]c3ccc(F)cc13)NC(=O)[C@H](Cc1c[nH]c3ccc(F)cc13)NC(=O)CNC(=O)[C@H](CN)NC(=O)CCSCc1cccc(c1)CSCCN=C2NC=O. The molecule has 1 fully saturated rings. The predicted molar refractivity (Wildman–Crippen MR) is 347 cm³/mol. The van der Waals surface area contributed by atoms with Crippen LogP contribution in [0.4, 0.5) is 8.78 Å². The van der Waals surface area contributed by atoms with E-state index in [1.807, 2.05) is 18.2 Å². The third-order valence-electron chi connectivity index (χ3n) is 16.1. The number of benzene rings is 4. The van der Waals surface area contributed by atoms with Crippen molar-refractivity contribution in [1.29, 1.82) is 0 Å². The van der Waals surface area contributed by atoms with Crippen molar-refractivity contribution in [3.8, 4) is 5.75 Å². The molecule has 0 aliphatic carbocycles. The van der Waals surface area contributed by atoms with Gasteiger partial charge in [0.15, 0.2) is 0 Å². The van der Waals surface area contributed by atoms with Gasteiger partial charge in [-0.1, -0.05) is 36.4 Å². The number of H-pyrrole nitrogens is 3. The summed E-state index contributed by atoms with van der Waals surface area (Å²) in [5.74, 6) is -5.06. The largest absolute Gasteiger partial charge is 0.508 e. The molecule has 9 amide bonds. The lowest BCUT2D eigenvalue weighted by Gasteiger charge is -2.38. The van der Waals surface area contributed by atoms with Crippen LogP contribution < -0.4 is 48.3 Å². The van der Waals surface area contributed by atoms with Crippen LogP contribution in [0.2, 0.25) is 0 Å². The molecule has 1 saturated heterocycles. The van der Waals surface area contributed by atoms with E-state index < -0.39 is 108 Å². The fraction of sp³-hybridized carbons (Fsp3) is 0.359. The summed E-state index contributed by atoms with van der Waals surface area (Å²) in [6.07, 6.45) is 6.44. The standard InChI is InChI=1S/C64H73F2N15O10S2/c1-64-15-3-17-81(64)62(91)53(21-37-6-10-45(83)11-7-37)80-61(90)52(26-44-30-68-35-74-44)77-57(86)31-72-58(87)50(22-40-28-70-48-12-8-42(65)24-46(40)48)79-60(89)51(23-41-29-71-49-13-9-43(66)25-47(41)49)76-56(85)32-73-59(88)54(27-67)78-55(84)14-18-92-33-38-4-2-5-39(20-38)34-93-19-16-69-63(64)75-36-82/h2,4-13,20,24-25,28-30,35-36,50-54,70-71,83H,3,14-19,21-23,26-27,31-34,67H2,1H3,(H,68,74)(H,72,87)(H,73,88)(H,76,85)(H,77,86)(H,78,84)(H,79,89)(H,80,90)(H,69,75,82)/t50-,51-,52-,53-,54-,64-/m0/s1. The number of nitrogens with zero attached hydrogens (tertiary/aromatic N) is 3. The quantitative estimate of drug-likeness (QED) is 0.0875. The van der Waals surface area contributed by atoms with Crippen molar-refractivity contribution < 1.29 is 57.0 Å². The maximum Gasteiger partial charge on any atom is 0.246 e. The molecule has 3 aromatic heterocycles. The minimum Gasteiger partial charge on any atom is -0.508 e. The summed E-state index contributed by atoms with van der Waals surface area (Å²) in [5.41, 5.74) is 9.55. The van der Waals surface area contributed by atoms with Crippen LogP contribution in [0, 0.1) is 11.6 Å². The third kappa shape index (κ3) is 18.3. The third-order valence-corrected chi connectivity index (χ3v) is 18.1. The lowest BCUT2D eigenvalue weighted by atomic mass is 9.95. The van der Waals surface area contributed by atoms with Gasteiger partial charge in [-0.25, -0.2) is 13.8 Å². The molecule has 2 aliphatic heterocycles. The van der Waals surface area contributed by atoms with Crippen LogP contribution >= 0.6 is 23.5 Å². The van der Waals surface area contributed by atoms with Gasteiger partial charge in [-0.15, -0.1) is 0 Å². The summed E-state index contributed by atoms with van der Waals surface area (Å²) in [7, 11) is 0. The predicted octanol–water partition coefficient (Wildman–Crippen LogP) is 2.34. The molecule has 2 aliphatic rings. The summed E-state index contributed by atoms with van der Waals surface area (Å²) in [4.78, 5) is 146. The first-order chi connectivity index (χ1) is 44.8. The Morgan fingerprint density at radius 2 is 1.24 bits per heavy atom. The lowest BCUT2D eigenvalue weighted by Crippen LogP contribution is -2.61. The van der Waals surface area contributed by atoms with E-state index in [0.717, 1.165) is 11.1 Å². The number of nitrogens with one attached hydrogen (secondary N) is 11. The Balaban J connectivity index is 1.01. The number of amides is 9. The molecule has 29 heteroatoms. The fourth-order valence-electron chi connectivity index (χ4n) is 11.3. The molecule has 93 heavy (non-hydrogen) atoms. The number of amidine groups is 1. The monoisotopic (exact) mass is 1310 g/mol. The van der Waals surface area contributed by atoms with Gasteiger partial charge in [0.1, 0.15) is 53.4 Å². The van der Waals surface area contributed by atoms with Crippen molar-refractivity contribution in [2.75, 3.05) is 44.2 Å². The zero-order valence-electron chi connectivity index (χ0n) is 50.8. The average Bonchev–Trinajstić information content (AvgIpc) is 1.75. The molecule has 490 valence electrons. The second kappa shape index (κ2) is 32.1. The molecule has 5 heterocycles. The number of rotatable bonds is 10. The molecule has 9 rings (SSSR count). The summed E-state index contributed by atoms with van der Waals surface area (Å²) < 4.78 is 29.5. The summed E-state index contributed by atoms with van der Waals surface area (Å²) >= 11 is 3.12. The van der Waals surface area contributed by atoms with Gasteiger partial charge in [0.25, 0.3) is 0 Å². The first-order valence-electron chi connectivity index (χ1n) is 30.2. The molecule has 7 aromatic rings. The number of halogens is 2. The van der Waals surface area contributed by atoms with E-state index in [-0.39, 0.29) is 63.3 Å². The fourth-order valence-corrected chi connectivity index (χ4v) is 12.9. The highest BCUT2D eigenvalue weighted by atomic mass is 32.2. The van der Waals surface area contributed by atoms with Crippen LogP contribution in [-0.4, -0.2) is 169 Å². The number of thioether (sulfide) groups is 2. The van der Waals surface area contributed by atoms with Crippen molar-refractivity contribution in [3.05, 3.63) is 155 Å². The Bertz CT molecular complexity index is 3870. The van der Waals surface area contributed by atoms with Crippen molar-refractivity contribution in [1.82, 2.24) is 67.4 Å². The van der Waals surface area contributed by atoms with Crippen molar-refractivity contribution in [2.24, 2.45) is 10.7 Å². The van der Waals surface area contributed by atoms with Gasteiger partial charge in [-0.05, 0) is 96.1 Å². The molecule has 2 bridgehead atoms. The van der Waals surface area contributed by atoms with Crippen molar-refractivity contribution >= 4 is 105 Å². The lowest BCUT2D eigenvalue weighted by molar-refractivity contribution is -0.139. The number of aromatic hydroxyl groups is 1. The summed E-state index contributed by atoms with van der Waals surface area (Å²) in [6.45, 7) is 0.489. The van der Waals surface area contributed by atoms with Crippen molar-refractivity contribution in [3.63, 3.8) is 0 Å². The molecule has 0 unspecified atom stereocenters. The number of fused-ring (bicyclic) bond motifs is 5. The van der Waals surface area contributed by atoms with E-state index in [1.54, 1.807) is 35.7 Å². The smallest absolute Gasteiger partial charge is 0.246 e. The van der Waals surface area contributed by atoms with Crippen LogP contribution in [0.25, 0.3) is 21.8 Å².